The molecule has 1 aromatic carbocycles. The van der Waals surface area contributed by atoms with Gasteiger partial charge in [0.05, 0.1) is 14.2 Å². The van der Waals surface area contributed by atoms with Crippen LogP contribution in [0.2, 0.25) is 0 Å². The number of rotatable bonds is 7. The molecule has 1 aromatic rings. The molecule has 0 N–H and O–H groups in total. The third kappa shape index (κ3) is 5.55. The molecule has 4 heteroatoms. The van der Waals surface area contributed by atoms with Gasteiger partial charge in [-0.15, -0.1) is 5.73 Å². The molecular formula is C21H23NO3. The minimum atomic E-state index is -0.0352. The summed E-state index contributed by atoms with van der Waals surface area (Å²) in [6, 6.07) is 5.80. The Balaban J connectivity index is 1.92. The Kier molecular flexibility index (Phi) is 6.87. The first kappa shape index (κ1) is 18.4. The predicted molar refractivity (Wildman–Crippen MR) is 99.9 cm³/mol. The Labute approximate surface area is 149 Å². The van der Waals surface area contributed by atoms with Crippen molar-refractivity contribution in [2.75, 3.05) is 27.8 Å². The van der Waals surface area contributed by atoms with Gasteiger partial charge in [-0.3, -0.25) is 4.79 Å². The van der Waals surface area contributed by atoms with E-state index in [1.54, 1.807) is 38.3 Å². The lowest BCUT2D eigenvalue weighted by atomic mass is 10.1. The lowest BCUT2D eigenvalue weighted by molar-refractivity contribution is -0.124. The first-order valence-electron chi connectivity index (χ1n) is 8.07. The van der Waals surface area contributed by atoms with E-state index in [9.17, 15) is 4.79 Å². The summed E-state index contributed by atoms with van der Waals surface area (Å²) in [5.74, 6) is 1.36. The zero-order valence-corrected chi connectivity index (χ0v) is 14.9. The van der Waals surface area contributed by atoms with Gasteiger partial charge in [0.1, 0.15) is 0 Å². The molecule has 0 spiro atoms. The van der Waals surface area contributed by atoms with Crippen LogP contribution in [0.3, 0.4) is 0 Å². The van der Waals surface area contributed by atoms with Crippen molar-refractivity contribution in [2.45, 2.75) is 6.42 Å². The normalized spacial score (nSPS) is 12.8. The van der Waals surface area contributed by atoms with Gasteiger partial charge in [-0.2, -0.15) is 0 Å². The second kappa shape index (κ2) is 9.36. The van der Waals surface area contributed by atoms with Gasteiger partial charge < -0.3 is 14.4 Å². The van der Waals surface area contributed by atoms with E-state index in [1.165, 1.54) is 0 Å². The second-order valence-electron chi connectivity index (χ2n) is 5.56. The Hall–Kier alpha value is -2.97. The number of carbonyl (C=O) groups excluding carboxylic acids is 1. The molecule has 0 radical (unpaired) electrons. The summed E-state index contributed by atoms with van der Waals surface area (Å²) in [7, 11) is 5.02. The molecule has 1 aliphatic carbocycles. The van der Waals surface area contributed by atoms with Crippen LogP contribution in [0.15, 0.2) is 72.0 Å². The molecule has 0 atom stereocenters. The van der Waals surface area contributed by atoms with Crippen molar-refractivity contribution in [1.82, 2.24) is 4.90 Å². The van der Waals surface area contributed by atoms with Crippen LogP contribution in [0, 0.1) is 0 Å². The number of allylic oxidation sites excluding steroid dienone is 6. The third-order valence-electron chi connectivity index (χ3n) is 3.82. The van der Waals surface area contributed by atoms with E-state index < -0.39 is 0 Å². The number of benzene rings is 1. The van der Waals surface area contributed by atoms with Gasteiger partial charge >= 0.3 is 0 Å². The molecule has 0 aliphatic heterocycles. The highest BCUT2D eigenvalue weighted by Gasteiger charge is 2.08. The van der Waals surface area contributed by atoms with Crippen LogP contribution >= 0.6 is 0 Å². The largest absolute Gasteiger partial charge is 0.493 e. The molecule has 0 bridgehead atoms. The van der Waals surface area contributed by atoms with Crippen molar-refractivity contribution in [3.8, 4) is 11.5 Å². The number of hydrogen-bond donors (Lipinski definition) is 0. The Morgan fingerprint density at radius 3 is 2.76 bits per heavy atom. The van der Waals surface area contributed by atoms with Crippen molar-refractivity contribution >= 4 is 5.91 Å². The molecule has 0 aromatic heterocycles. The summed E-state index contributed by atoms with van der Waals surface area (Å²) in [6.45, 7) is 0.618. The van der Waals surface area contributed by atoms with Crippen molar-refractivity contribution in [1.29, 1.82) is 0 Å². The molecule has 0 saturated heterocycles. The highest BCUT2D eigenvalue weighted by molar-refractivity contribution is 5.88. The molecule has 2 rings (SSSR count). The lowest BCUT2D eigenvalue weighted by Gasteiger charge is -2.16. The van der Waals surface area contributed by atoms with Crippen molar-refractivity contribution < 1.29 is 14.3 Å². The molecule has 1 amide bonds. The zero-order chi connectivity index (χ0) is 18.1. The number of methoxy groups -OCH3 is 2. The summed E-state index contributed by atoms with van der Waals surface area (Å²) in [5, 5.41) is 0. The second-order valence-corrected chi connectivity index (χ2v) is 5.56. The number of ether oxygens (including phenoxy) is 2. The zero-order valence-electron chi connectivity index (χ0n) is 14.9. The number of carbonyl (C=O) groups is 1. The van der Waals surface area contributed by atoms with Crippen LogP contribution in [0.4, 0.5) is 0 Å². The lowest BCUT2D eigenvalue weighted by Crippen LogP contribution is -2.27. The van der Waals surface area contributed by atoms with Gasteiger partial charge in [0, 0.05) is 19.7 Å². The standard InChI is InChI=1S/C21H23NO3/c1-22(21(23)13-11-17-8-6-4-5-7-9-17)15-14-18-10-12-19(24-2)20(16-18)25-3/h4-6,8-13,16H,14-15H2,1-3H3/b13-11+. The first-order chi connectivity index (χ1) is 12.1. The number of nitrogens with zero attached hydrogens (tertiary/aromatic N) is 1. The maximum atomic E-state index is 12.2. The first-order valence-corrected chi connectivity index (χ1v) is 8.07. The topological polar surface area (TPSA) is 38.8 Å². The molecule has 130 valence electrons. The van der Waals surface area contributed by atoms with Gasteiger partial charge in [-0.05, 0) is 47.9 Å². The van der Waals surface area contributed by atoms with Crippen LogP contribution in [0.25, 0.3) is 0 Å². The summed E-state index contributed by atoms with van der Waals surface area (Å²) < 4.78 is 10.5. The number of likely N-dealkylation sites (N-methyl/N-ethyl adjacent to an activating group) is 1. The summed E-state index contributed by atoms with van der Waals surface area (Å²) in [6.07, 6.45) is 13.5. The van der Waals surface area contributed by atoms with Crippen LogP contribution in [0.5, 0.6) is 11.5 Å². The predicted octanol–water partition coefficient (Wildman–Crippen LogP) is 3.47. The van der Waals surface area contributed by atoms with Crippen molar-refractivity contribution in [3.63, 3.8) is 0 Å². The van der Waals surface area contributed by atoms with E-state index in [2.05, 4.69) is 5.73 Å². The van der Waals surface area contributed by atoms with Crippen LogP contribution < -0.4 is 9.47 Å². The fourth-order valence-corrected chi connectivity index (χ4v) is 2.31. The molecule has 0 heterocycles. The molecule has 0 unspecified atom stereocenters. The Morgan fingerprint density at radius 1 is 1.20 bits per heavy atom. The van der Waals surface area contributed by atoms with E-state index >= 15 is 0 Å². The van der Waals surface area contributed by atoms with E-state index in [1.807, 2.05) is 48.6 Å². The highest BCUT2D eigenvalue weighted by atomic mass is 16.5. The van der Waals surface area contributed by atoms with Gasteiger partial charge in [0.15, 0.2) is 11.5 Å². The van der Waals surface area contributed by atoms with Crippen LogP contribution in [-0.2, 0) is 11.2 Å². The van der Waals surface area contributed by atoms with Crippen molar-refractivity contribution in [3.05, 3.63) is 77.6 Å². The minimum Gasteiger partial charge on any atom is -0.493 e. The van der Waals surface area contributed by atoms with Gasteiger partial charge in [0.2, 0.25) is 5.91 Å². The molecule has 4 nitrogen and oxygen atoms in total. The Morgan fingerprint density at radius 2 is 2.00 bits per heavy atom. The quantitative estimate of drug-likeness (QED) is 0.565. The maximum absolute atomic E-state index is 12.2. The minimum absolute atomic E-state index is 0.0352. The third-order valence-corrected chi connectivity index (χ3v) is 3.82. The summed E-state index contributed by atoms with van der Waals surface area (Å²) >= 11 is 0. The van der Waals surface area contributed by atoms with Crippen LogP contribution in [-0.4, -0.2) is 38.6 Å². The van der Waals surface area contributed by atoms with E-state index in [-0.39, 0.29) is 5.91 Å². The number of hydrogen-bond acceptors (Lipinski definition) is 3. The highest BCUT2D eigenvalue weighted by Crippen LogP contribution is 2.27. The average Bonchev–Trinajstić information content (AvgIpc) is 2.92. The fraction of sp³-hybridized carbons (Fsp3) is 0.238. The molecule has 0 fully saturated rings. The summed E-state index contributed by atoms with van der Waals surface area (Å²) in [5.41, 5.74) is 5.04. The van der Waals surface area contributed by atoms with E-state index in [0.717, 1.165) is 17.6 Å². The fourth-order valence-electron chi connectivity index (χ4n) is 2.31. The molecule has 0 saturated carbocycles. The monoisotopic (exact) mass is 337 g/mol. The molecular weight excluding hydrogens is 314 g/mol. The summed E-state index contributed by atoms with van der Waals surface area (Å²) in [4.78, 5) is 13.9. The van der Waals surface area contributed by atoms with Crippen LogP contribution in [0.1, 0.15) is 5.56 Å². The van der Waals surface area contributed by atoms with Gasteiger partial charge in [0.25, 0.3) is 0 Å². The Bertz CT molecular complexity index is 765. The SMILES string of the molecule is COc1ccc(CCN(C)C(=O)/C=C/C2=CC=CC=C=C2)cc1OC. The van der Waals surface area contributed by atoms with Gasteiger partial charge in [-0.1, -0.05) is 24.3 Å². The smallest absolute Gasteiger partial charge is 0.246 e. The maximum Gasteiger partial charge on any atom is 0.246 e. The molecule has 25 heavy (non-hydrogen) atoms. The van der Waals surface area contributed by atoms with Gasteiger partial charge in [-0.25, -0.2) is 0 Å². The molecule has 1 aliphatic rings. The van der Waals surface area contributed by atoms with E-state index in [0.29, 0.717) is 18.0 Å². The van der Waals surface area contributed by atoms with Crippen molar-refractivity contribution in [2.24, 2.45) is 0 Å². The van der Waals surface area contributed by atoms with E-state index in [4.69, 9.17) is 9.47 Å². The number of amides is 1. The average molecular weight is 337 g/mol.